The summed E-state index contributed by atoms with van der Waals surface area (Å²) in [6, 6.07) is 5.72. The van der Waals surface area contributed by atoms with Gasteiger partial charge in [0.2, 0.25) is 0 Å². The number of hydrogen-bond donors (Lipinski definition) is 2. The van der Waals surface area contributed by atoms with Crippen LogP contribution in [0.1, 0.15) is 27.2 Å². The van der Waals surface area contributed by atoms with Crippen molar-refractivity contribution in [1.82, 2.24) is 5.32 Å². The highest BCUT2D eigenvalue weighted by molar-refractivity contribution is 14.0. The van der Waals surface area contributed by atoms with Crippen LogP contribution in [0, 0.1) is 0 Å². The SMILES string of the molecule is CN=C(NCCS(=O)C(C)(C)C)Nc1ccc2c(c1)OCCCO2.I. The highest BCUT2D eigenvalue weighted by atomic mass is 127. The molecule has 1 aliphatic heterocycles. The number of fused-ring (bicyclic) bond motifs is 1. The van der Waals surface area contributed by atoms with Crippen molar-refractivity contribution in [3.05, 3.63) is 18.2 Å². The molecule has 0 radical (unpaired) electrons. The molecule has 1 aromatic rings. The van der Waals surface area contributed by atoms with Gasteiger partial charge < -0.3 is 20.1 Å². The molecule has 25 heavy (non-hydrogen) atoms. The second-order valence-electron chi connectivity index (χ2n) is 6.50. The van der Waals surface area contributed by atoms with Gasteiger partial charge in [-0.1, -0.05) is 0 Å². The summed E-state index contributed by atoms with van der Waals surface area (Å²) in [6.07, 6.45) is 0.881. The zero-order chi connectivity index (χ0) is 17.6. The van der Waals surface area contributed by atoms with Crippen LogP contribution >= 0.6 is 24.0 Å². The Kier molecular flexibility index (Phi) is 8.98. The molecule has 1 atom stereocenters. The third kappa shape index (κ3) is 7.01. The highest BCUT2D eigenvalue weighted by Crippen LogP contribution is 2.32. The summed E-state index contributed by atoms with van der Waals surface area (Å²) in [5.74, 6) is 2.71. The topological polar surface area (TPSA) is 72.0 Å². The number of guanidine groups is 1. The molecule has 8 heteroatoms. The fraction of sp³-hybridized carbons (Fsp3) is 0.588. The minimum absolute atomic E-state index is 0. The lowest BCUT2D eigenvalue weighted by molar-refractivity contribution is 0.297. The molecule has 142 valence electrons. The van der Waals surface area contributed by atoms with Crippen LogP contribution in [0.15, 0.2) is 23.2 Å². The standard InChI is InChI=1S/C17H27N3O3S.HI/c1-17(2,3)24(21)11-8-19-16(18-4)20-13-6-7-14-15(12-13)23-10-5-9-22-14;/h6-7,12H,5,8-11H2,1-4H3,(H2,18,19,20);1H. The summed E-state index contributed by atoms with van der Waals surface area (Å²) < 4.78 is 23.2. The smallest absolute Gasteiger partial charge is 0.195 e. The molecule has 2 rings (SSSR count). The Hall–Kier alpha value is -1.03. The normalized spacial score (nSPS) is 15.6. The Morgan fingerprint density at radius 3 is 2.56 bits per heavy atom. The average molecular weight is 481 g/mol. The van der Waals surface area contributed by atoms with Crippen molar-refractivity contribution in [3.8, 4) is 11.5 Å². The van der Waals surface area contributed by atoms with E-state index < -0.39 is 10.8 Å². The Morgan fingerprint density at radius 2 is 1.92 bits per heavy atom. The van der Waals surface area contributed by atoms with Crippen LogP contribution in [0.5, 0.6) is 11.5 Å². The van der Waals surface area contributed by atoms with Crippen molar-refractivity contribution in [1.29, 1.82) is 0 Å². The van der Waals surface area contributed by atoms with Crippen molar-refractivity contribution < 1.29 is 13.7 Å². The fourth-order valence-electron chi connectivity index (χ4n) is 2.13. The largest absolute Gasteiger partial charge is 0.490 e. The molecular weight excluding hydrogens is 453 g/mol. The zero-order valence-electron chi connectivity index (χ0n) is 15.3. The average Bonchev–Trinajstić information content (AvgIpc) is 2.77. The first-order valence-corrected chi connectivity index (χ1v) is 9.48. The molecular formula is C17H28IN3O3S. The van der Waals surface area contributed by atoms with Crippen LogP contribution in [0.4, 0.5) is 5.69 Å². The fourth-order valence-corrected chi connectivity index (χ4v) is 3.03. The van der Waals surface area contributed by atoms with E-state index in [1.807, 2.05) is 39.0 Å². The maximum atomic E-state index is 12.1. The van der Waals surface area contributed by atoms with E-state index in [1.54, 1.807) is 7.05 Å². The van der Waals surface area contributed by atoms with Crippen LogP contribution in [-0.2, 0) is 10.8 Å². The maximum absolute atomic E-state index is 12.1. The molecule has 0 aromatic heterocycles. The number of benzene rings is 1. The van der Waals surface area contributed by atoms with Gasteiger partial charge in [0.15, 0.2) is 17.5 Å². The van der Waals surface area contributed by atoms with E-state index in [1.165, 1.54) is 0 Å². The van der Waals surface area contributed by atoms with Crippen molar-refractivity contribution in [2.75, 3.05) is 37.9 Å². The summed E-state index contributed by atoms with van der Waals surface area (Å²) in [7, 11) is 0.820. The van der Waals surface area contributed by atoms with Gasteiger partial charge in [-0.15, -0.1) is 24.0 Å². The van der Waals surface area contributed by atoms with Crippen LogP contribution in [0.3, 0.4) is 0 Å². The van der Waals surface area contributed by atoms with Gasteiger partial charge in [0.25, 0.3) is 0 Å². The Bertz CT molecular complexity index is 618. The summed E-state index contributed by atoms with van der Waals surface area (Å²) in [6.45, 7) is 7.86. The van der Waals surface area contributed by atoms with E-state index in [0.29, 0.717) is 31.5 Å². The van der Waals surface area contributed by atoms with E-state index in [9.17, 15) is 4.21 Å². The van der Waals surface area contributed by atoms with Crippen LogP contribution < -0.4 is 20.1 Å². The van der Waals surface area contributed by atoms with Gasteiger partial charge in [0, 0.05) is 53.1 Å². The minimum atomic E-state index is -0.888. The lowest BCUT2D eigenvalue weighted by Gasteiger charge is -2.18. The van der Waals surface area contributed by atoms with E-state index in [2.05, 4.69) is 15.6 Å². The van der Waals surface area contributed by atoms with Crippen molar-refractivity contribution in [3.63, 3.8) is 0 Å². The van der Waals surface area contributed by atoms with Gasteiger partial charge in [0.05, 0.1) is 13.2 Å². The molecule has 1 aromatic carbocycles. The molecule has 1 heterocycles. The number of nitrogens with one attached hydrogen (secondary N) is 2. The Morgan fingerprint density at radius 1 is 1.24 bits per heavy atom. The molecule has 6 nitrogen and oxygen atoms in total. The third-order valence-electron chi connectivity index (χ3n) is 3.50. The first kappa shape index (κ1) is 22.0. The predicted molar refractivity (Wildman–Crippen MR) is 115 cm³/mol. The number of halogens is 1. The van der Waals surface area contributed by atoms with Gasteiger partial charge in [-0.05, 0) is 32.9 Å². The molecule has 0 fully saturated rings. The number of ether oxygens (including phenoxy) is 2. The number of aliphatic imine (C=N–C) groups is 1. The van der Waals surface area contributed by atoms with Gasteiger partial charge in [-0.25, -0.2) is 0 Å². The summed E-state index contributed by atoms with van der Waals surface area (Å²) in [5.41, 5.74) is 0.865. The molecule has 0 saturated carbocycles. The minimum Gasteiger partial charge on any atom is -0.490 e. The second kappa shape index (κ2) is 10.2. The lowest BCUT2D eigenvalue weighted by atomic mass is 10.3. The number of rotatable bonds is 4. The van der Waals surface area contributed by atoms with E-state index in [-0.39, 0.29) is 28.7 Å². The van der Waals surface area contributed by atoms with Crippen LogP contribution in [0.25, 0.3) is 0 Å². The van der Waals surface area contributed by atoms with Crippen molar-refractivity contribution in [2.24, 2.45) is 4.99 Å². The van der Waals surface area contributed by atoms with E-state index in [0.717, 1.165) is 23.6 Å². The van der Waals surface area contributed by atoms with Crippen molar-refractivity contribution in [2.45, 2.75) is 31.9 Å². The lowest BCUT2D eigenvalue weighted by Crippen LogP contribution is -2.36. The van der Waals surface area contributed by atoms with Crippen molar-refractivity contribution >= 4 is 46.4 Å². The first-order valence-electron chi connectivity index (χ1n) is 8.16. The Balaban J connectivity index is 0.00000312. The molecule has 0 bridgehead atoms. The van der Waals surface area contributed by atoms with Gasteiger partial charge in [-0.3, -0.25) is 9.20 Å². The number of nitrogens with zero attached hydrogens (tertiary/aromatic N) is 1. The van der Waals surface area contributed by atoms with E-state index in [4.69, 9.17) is 9.47 Å². The van der Waals surface area contributed by atoms with Gasteiger partial charge in [-0.2, -0.15) is 0 Å². The van der Waals surface area contributed by atoms with E-state index >= 15 is 0 Å². The number of anilines is 1. The molecule has 0 spiro atoms. The Labute approximate surface area is 169 Å². The zero-order valence-corrected chi connectivity index (χ0v) is 18.4. The number of hydrogen-bond acceptors (Lipinski definition) is 4. The molecule has 0 saturated heterocycles. The predicted octanol–water partition coefficient (Wildman–Crippen LogP) is 3.00. The molecule has 1 unspecified atom stereocenters. The first-order chi connectivity index (χ1) is 11.4. The molecule has 1 aliphatic rings. The monoisotopic (exact) mass is 481 g/mol. The molecule has 0 aliphatic carbocycles. The second-order valence-corrected chi connectivity index (χ2v) is 8.82. The summed E-state index contributed by atoms with van der Waals surface area (Å²) >= 11 is 0. The summed E-state index contributed by atoms with van der Waals surface area (Å²) in [5, 5.41) is 6.40. The summed E-state index contributed by atoms with van der Waals surface area (Å²) in [4.78, 5) is 4.20. The highest BCUT2D eigenvalue weighted by Gasteiger charge is 2.18. The third-order valence-corrected chi connectivity index (χ3v) is 5.44. The molecule has 2 N–H and O–H groups in total. The quantitative estimate of drug-likeness (QED) is 0.393. The van der Waals surface area contributed by atoms with Gasteiger partial charge >= 0.3 is 0 Å². The molecule has 0 amide bonds. The maximum Gasteiger partial charge on any atom is 0.195 e. The van der Waals surface area contributed by atoms with Crippen LogP contribution in [0.2, 0.25) is 0 Å². The van der Waals surface area contributed by atoms with Gasteiger partial charge in [0.1, 0.15) is 0 Å². The van der Waals surface area contributed by atoms with Crippen LogP contribution in [-0.4, -0.2) is 47.5 Å².